The molecule has 0 saturated heterocycles. The molecule has 0 radical (unpaired) electrons. The molecule has 0 N–H and O–H groups in total. The minimum atomic E-state index is -0.0354. The van der Waals surface area contributed by atoms with E-state index < -0.39 is 0 Å². The Hall–Kier alpha value is -2.36. The van der Waals surface area contributed by atoms with Crippen molar-refractivity contribution >= 4 is 11.6 Å². The summed E-state index contributed by atoms with van der Waals surface area (Å²) < 4.78 is 5.51. The molecule has 0 spiro atoms. The zero-order valence-electron chi connectivity index (χ0n) is 13.0. The van der Waals surface area contributed by atoms with Crippen LogP contribution in [0.4, 0.5) is 5.69 Å². The molecule has 1 amide bonds. The SMILES string of the molecule is CCOc1ncccc1C(=O)N1CCCc2cccc(C)c21. The number of anilines is 1. The molecule has 1 aromatic carbocycles. The Kier molecular flexibility index (Phi) is 4.09. The van der Waals surface area contributed by atoms with Crippen molar-refractivity contribution in [2.45, 2.75) is 26.7 Å². The zero-order valence-corrected chi connectivity index (χ0v) is 13.0. The lowest BCUT2D eigenvalue weighted by Gasteiger charge is -2.31. The first-order chi connectivity index (χ1) is 10.7. The van der Waals surface area contributed by atoms with Crippen LogP contribution in [-0.2, 0) is 6.42 Å². The Morgan fingerprint density at radius 1 is 1.32 bits per heavy atom. The lowest BCUT2D eigenvalue weighted by Crippen LogP contribution is -2.36. The summed E-state index contributed by atoms with van der Waals surface area (Å²) in [4.78, 5) is 19.1. The topological polar surface area (TPSA) is 42.4 Å². The van der Waals surface area contributed by atoms with Crippen molar-refractivity contribution in [2.75, 3.05) is 18.1 Å². The van der Waals surface area contributed by atoms with Gasteiger partial charge in [0, 0.05) is 12.7 Å². The van der Waals surface area contributed by atoms with Crippen LogP contribution in [-0.4, -0.2) is 24.0 Å². The van der Waals surface area contributed by atoms with Crippen LogP contribution in [0.3, 0.4) is 0 Å². The van der Waals surface area contributed by atoms with Gasteiger partial charge in [-0.15, -0.1) is 0 Å². The highest BCUT2D eigenvalue weighted by molar-refractivity contribution is 6.08. The van der Waals surface area contributed by atoms with E-state index in [1.165, 1.54) is 5.56 Å². The summed E-state index contributed by atoms with van der Waals surface area (Å²) in [5.41, 5.74) is 3.94. The van der Waals surface area contributed by atoms with Crippen LogP contribution in [0, 0.1) is 6.92 Å². The first-order valence-corrected chi connectivity index (χ1v) is 7.70. The van der Waals surface area contributed by atoms with Crippen LogP contribution < -0.4 is 9.64 Å². The van der Waals surface area contributed by atoms with Crippen molar-refractivity contribution in [2.24, 2.45) is 0 Å². The number of rotatable bonds is 3. The van der Waals surface area contributed by atoms with E-state index in [1.807, 2.05) is 11.8 Å². The second-order valence-corrected chi connectivity index (χ2v) is 5.43. The number of aryl methyl sites for hydroxylation is 2. The van der Waals surface area contributed by atoms with Gasteiger partial charge >= 0.3 is 0 Å². The lowest BCUT2D eigenvalue weighted by atomic mass is 9.97. The number of amides is 1. The smallest absolute Gasteiger partial charge is 0.263 e. The van der Waals surface area contributed by atoms with Crippen LogP contribution >= 0.6 is 0 Å². The average Bonchev–Trinajstić information content (AvgIpc) is 2.55. The molecular formula is C18H20N2O2. The molecule has 0 unspecified atom stereocenters. The summed E-state index contributed by atoms with van der Waals surface area (Å²) in [6.45, 7) is 5.17. The lowest BCUT2D eigenvalue weighted by molar-refractivity contribution is 0.0980. The fourth-order valence-corrected chi connectivity index (χ4v) is 3.00. The molecule has 114 valence electrons. The van der Waals surface area contributed by atoms with Gasteiger partial charge in [-0.25, -0.2) is 4.98 Å². The van der Waals surface area contributed by atoms with Gasteiger partial charge in [-0.05, 0) is 49.9 Å². The van der Waals surface area contributed by atoms with Gasteiger partial charge in [0.15, 0.2) is 0 Å². The van der Waals surface area contributed by atoms with E-state index in [4.69, 9.17) is 4.74 Å². The molecule has 3 rings (SSSR count). The maximum Gasteiger partial charge on any atom is 0.263 e. The molecule has 1 aliphatic rings. The molecule has 2 aromatic rings. The number of para-hydroxylation sites is 1. The molecule has 4 nitrogen and oxygen atoms in total. The molecule has 2 heterocycles. The third-order valence-electron chi connectivity index (χ3n) is 3.95. The number of carbonyl (C=O) groups is 1. The van der Waals surface area contributed by atoms with Gasteiger partial charge in [-0.3, -0.25) is 4.79 Å². The van der Waals surface area contributed by atoms with E-state index in [-0.39, 0.29) is 5.91 Å². The summed E-state index contributed by atoms with van der Waals surface area (Å²) in [5.74, 6) is 0.377. The molecule has 22 heavy (non-hydrogen) atoms. The number of pyridine rings is 1. The van der Waals surface area contributed by atoms with Gasteiger partial charge in [0.25, 0.3) is 5.91 Å². The number of fused-ring (bicyclic) bond motifs is 1. The van der Waals surface area contributed by atoms with E-state index in [9.17, 15) is 4.79 Å². The molecule has 0 saturated carbocycles. The number of hydrogen-bond acceptors (Lipinski definition) is 3. The molecular weight excluding hydrogens is 276 g/mol. The summed E-state index contributed by atoms with van der Waals surface area (Å²) in [6, 6.07) is 9.77. The van der Waals surface area contributed by atoms with Gasteiger partial charge in [-0.1, -0.05) is 18.2 Å². The van der Waals surface area contributed by atoms with Crippen LogP contribution in [0.15, 0.2) is 36.5 Å². The highest BCUT2D eigenvalue weighted by Gasteiger charge is 2.27. The predicted octanol–water partition coefficient (Wildman–Crippen LogP) is 3.38. The van der Waals surface area contributed by atoms with Crippen LogP contribution in [0.5, 0.6) is 5.88 Å². The summed E-state index contributed by atoms with van der Waals surface area (Å²) >= 11 is 0. The van der Waals surface area contributed by atoms with Crippen molar-refractivity contribution in [1.82, 2.24) is 4.98 Å². The van der Waals surface area contributed by atoms with Gasteiger partial charge in [0.1, 0.15) is 5.56 Å². The third-order valence-corrected chi connectivity index (χ3v) is 3.95. The summed E-state index contributed by atoms with van der Waals surface area (Å²) in [6.07, 6.45) is 3.65. The summed E-state index contributed by atoms with van der Waals surface area (Å²) in [5, 5.41) is 0. The standard InChI is InChI=1S/C18H20N2O2/c1-3-22-17-15(10-5-11-19-17)18(21)20-12-6-9-14-8-4-7-13(2)16(14)20/h4-5,7-8,10-11H,3,6,9,12H2,1-2H3. The molecule has 0 bridgehead atoms. The Morgan fingerprint density at radius 2 is 2.18 bits per heavy atom. The Bertz CT molecular complexity index is 697. The van der Waals surface area contributed by atoms with Crippen LogP contribution in [0.25, 0.3) is 0 Å². The highest BCUT2D eigenvalue weighted by Crippen LogP contribution is 2.32. The molecule has 1 aliphatic heterocycles. The van der Waals surface area contributed by atoms with Gasteiger partial charge in [-0.2, -0.15) is 0 Å². The zero-order chi connectivity index (χ0) is 15.5. The Balaban J connectivity index is 2.02. The minimum absolute atomic E-state index is 0.0354. The van der Waals surface area contributed by atoms with Crippen molar-refractivity contribution in [3.05, 3.63) is 53.2 Å². The van der Waals surface area contributed by atoms with E-state index in [0.29, 0.717) is 18.1 Å². The van der Waals surface area contributed by atoms with E-state index in [2.05, 4.69) is 30.1 Å². The van der Waals surface area contributed by atoms with Gasteiger partial charge in [0.05, 0.1) is 12.3 Å². The van der Waals surface area contributed by atoms with Crippen molar-refractivity contribution < 1.29 is 9.53 Å². The fraction of sp³-hybridized carbons (Fsp3) is 0.333. The maximum atomic E-state index is 13.0. The van der Waals surface area contributed by atoms with Gasteiger partial charge < -0.3 is 9.64 Å². The molecule has 1 aromatic heterocycles. The first kappa shape index (κ1) is 14.6. The number of ether oxygens (including phenoxy) is 1. The van der Waals surface area contributed by atoms with Crippen molar-refractivity contribution in [3.8, 4) is 5.88 Å². The minimum Gasteiger partial charge on any atom is -0.477 e. The Morgan fingerprint density at radius 3 is 3.00 bits per heavy atom. The first-order valence-electron chi connectivity index (χ1n) is 7.70. The van der Waals surface area contributed by atoms with E-state index in [1.54, 1.807) is 18.3 Å². The molecule has 0 fully saturated rings. The maximum absolute atomic E-state index is 13.0. The monoisotopic (exact) mass is 296 g/mol. The quantitative estimate of drug-likeness (QED) is 0.872. The number of carbonyl (C=O) groups excluding carboxylic acids is 1. The largest absolute Gasteiger partial charge is 0.477 e. The number of nitrogens with zero attached hydrogens (tertiary/aromatic N) is 2. The molecule has 4 heteroatoms. The normalized spacial score (nSPS) is 13.6. The second-order valence-electron chi connectivity index (χ2n) is 5.43. The number of aromatic nitrogens is 1. The fourth-order valence-electron chi connectivity index (χ4n) is 3.00. The van der Waals surface area contributed by atoms with E-state index in [0.717, 1.165) is 30.6 Å². The van der Waals surface area contributed by atoms with E-state index >= 15 is 0 Å². The van der Waals surface area contributed by atoms with Crippen LogP contribution in [0.1, 0.15) is 34.8 Å². The second kappa shape index (κ2) is 6.18. The predicted molar refractivity (Wildman–Crippen MR) is 86.6 cm³/mol. The summed E-state index contributed by atoms with van der Waals surface area (Å²) in [7, 11) is 0. The van der Waals surface area contributed by atoms with Crippen molar-refractivity contribution in [1.29, 1.82) is 0 Å². The average molecular weight is 296 g/mol. The van der Waals surface area contributed by atoms with Gasteiger partial charge in [0.2, 0.25) is 5.88 Å². The Labute approximate surface area is 130 Å². The van der Waals surface area contributed by atoms with Crippen molar-refractivity contribution in [3.63, 3.8) is 0 Å². The third kappa shape index (κ3) is 2.56. The highest BCUT2D eigenvalue weighted by atomic mass is 16.5. The molecule has 0 atom stereocenters. The molecule has 0 aliphatic carbocycles. The number of benzene rings is 1. The number of hydrogen-bond donors (Lipinski definition) is 0. The van der Waals surface area contributed by atoms with Crippen LogP contribution in [0.2, 0.25) is 0 Å².